The average Bonchev–Trinajstić information content (AvgIpc) is 3.20. The highest BCUT2D eigenvalue weighted by atomic mass is 15.2. The topological polar surface area (TPSA) is 70.9 Å². The van der Waals surface area contributed by atoms with Crippen LogP contribution in [0.3, 0.4) is 0 Å². The van der Waals surface area contributed by atoms with E-state index in [9.17, 15) is 0 Å². The summed E-state index contributed by atoms with van der Waals surface area (Å²) in [5, 5.41) is 6.78. The van der Waals surface area contributed by atoms with Crippen LogP contribution in [0.2, 0.25) is 0 Å². The fraction of sp³-hybridized carbons (Fsp3) is 0.292. The van der Waals surface area contributed by atoms with Crippen LogP contribution in [-0.4, -0.2) is 45.7 Å². The van der Waals surface area contributed by atoms with E-state index in [2.05, 4.69) is 80.4 Å². The number of nitrogens with one attached hydrogen (secondary N) is 2. The van der Waals surface area contributed by atoms with E-state index >= 15 is 0 Å². The van der Waals surface area contributed by atoms with Crippen molar-refractivity contribution >= 4 is 28.4 Å². The molecule has 158 valence electrons. The molecule has 0 bridgehead atoms. The Bertz CT molecular complexity index is 1210. The minimum absolute atomic E-state index is 0.583. The maximum absolute atomic E-state index is 4.81. The van der Waals surface area contributed by atoms with Gasteiger partial charge in [-0.15, -0.1) is 0 Å². The molecular formula is C24H27N7. The first kappa shape index (κ1) is 19.5. The van der Waals surface area contributed by atoms with Gasteiger partial charge in [-0.1, -0.05) is 6.07 Å². The van der Waals surface area contributed by atoms with Crippen LogP contribution in [0, 0.1) is 6.92 Å². The fourth-order valence-corrected chi connectivity index (χ4v) is 4.23. The number of hydrogen-bond acceptors (Lipinski definition) is 6. The molecule has 5 rings (SSSR count). The van der Waals surface area contributed by atoms with Crippen LogP contribution in [0.15, 0.2) is 55.0 Å². The molecule has 4 aromatic rings. The summed E-state index contributed by atoms with van der Waals surface area (Å²) < 4.78 is 2.24. The molecule has 0 spiro atoms. The second-order valence-electron chi connectivity index (χ2n) is 7.83. The molecule has 2 N–H and O–H groups in total. The molecule has 3 aromatic heterocycles. The summed E-state index contributed by atoms with van der Waals surface area (Å²) in [6, 6.07) is 12.4. The van der Waals surface area contributed by atoms with Crippen molar-refractivity contribution in [1.29, 1.82) is 0 Å². The zero-order chi connectivity index (χ0) is 21.2. The first-order valence-corrected chi connectivity index (χ1v) is 10.8. The van der Waals surface area contributed by atoms with Gasteiger partial charge in [-0.3, -0.25) is 4.98 Å². The van der Waals surface area contributed by atoms with Crippen molar-refractivity contribution in [3.8, 4) is 11.3 Å². The molecule has 31 heavy (non-hydrogen) atoms. The highest BCUT2D eigenvalue weighted by Crippen LogP contribution is 2.30. The van der Waals surface area contributed by atoms with E-state index in [1.54, 1.807) is 6.20 Å². The summed E-state index contributed by atoms with van der Waals surface area (Å²) in [6.07, 6.45) is 5.81. The Morgan fingerprint density at radius 3 is 2.74 bits per heavy atom. The van der Waals surface area contributed by atoms with E-state index in [-0.39, 0.29) is 0 Å². The van der Waals surface area contributed by atoms with Crippen molar-refractivity contribution in [2.45, 2.75) is 20.4 Å². The minimum atomic E-state index is 0.583. The highest BCUT2D eigenvalue weighted by Gasteiger charge is 2.15. The van der Waals surface area contributed by atoms with Crippen molar-refractivity contribution in [2.75, 3.05) is 36.4 Å². The summed E-state index contributed by atoms with van der Waals surface area (Å²) in [5.41, 5.74) is 7.46. The second kappa shape index (κ2) is 8.35. The zero-order valence-electron chi connectivity index (χ0n) is 18.0. The third kappa shape index (κ3) is 3.84. The Balaban J connectivity index is 1.46. The van der Waals surface area contributed by atoms with Gasteiger partial charge in [0.05, 0.1) is 16.7 Å². The first-order chi connectivity index (χ1) is 15.2. The molecule has 0 unspecified atom stereocenters. The first-order valence-electron chi connectivity index (χ1n) is 10.8. The molecule has 0 atom stereocenters. The minimum Gasteiger partial charge on any atom is -0.369 e. The van der Waals surface area contributed by atoms with Gasteiger partial charge in [-0.05, 0) is 49.7 Å². The molecule has 7 heteroatoms. The molecular weight excluding hydrogens is 386 g/mol. The number of pyridine rings is 1. The van der Waals surface area contributed by atoms with Gasteiger partial charge in [-0.25, -0.2) is 9.97 Å². The van der Waals surface area contributed by atoms with Gasteiger partial charge in [0.2, 0.25) is 5.95 Å². The van der Waals surface area contributed by atoms with E-state index < -0.39 is 0 Å². The normalized spacial score (nSPS) is 14.2. The van der Waals surface area contributed by atoms with Crippen LogP contribution in [0.25, 0.3) is 22.3 Å². The predicted octanol–water partition coefficient (Wildman–Crippen LogP) is 3.97. The van der Waals surface area contributed by atoms with Crippen molar-refractivity contribution in [3.63, 3.8) is 0 Å². The number of piperazine rings is 1. The largest absolute Gasteiger partial charge is 0.369 e. The van der Waals surface area contributed by atoms with Gasteiger partial charge in [0, 0.05) is 68.3 Å². The van der Waals surface area contributed by atoms with Crippen LogP contribution < -0.4 is 15.5 Å². The second-order valence-corrected chi connectivity index (χ2v) is 7.83. The van der Waals surface area contributed by atoms with E-state index in [1.807, 2.05) is 12.3 Å². The van der Waals surface area contributed by atoms with Crippen LogP contribution >= 0.6 is 0 Å². The van der Waals surface area contributed by atoms with E-state index in [1.165, 1.54) is 11.3 Å². The quantitative estimate of drug-likeness (QED) is 0.516. The summed E-state index contributed by atoms with van der Waals surface area (Å²) in [7, 11) is 0. The van der Waals surface area contributed by atoms with Crippen LogP contribution in [-0.2, 0) is 6.54 Å². The molecule has 0 amide bonds. The van der Waals surface area contributed by atoms with Crippen molar-refractivity contribution in [2.24, 2.45) is 0 Å². The van der Waals surface area contributed by atoms with Crippen LogP contribution in [0.4, 0.5) is 17.3 Å². The third-order valence-electron chi connectivity index (χ3n) is 5.81. The number of aromatic nitrogens is 4. The average molecular weight is 414 g/mol. The molecule has 1 saturated heterocycles. The standard InChI is InChI=1S/C24H27N7/c1-3-30-16-20(22-23(30)17(2)7-9-26-22)21-8-10-27-24(29-21)28-18-5-4-6-19(15-18)31-13-11-25-12-14-31/h4-10,15-16,25H,3,11-14H2,1-2H3,(H,27,28,29). The Labute approximate surface area is 182 Å². The Hall–Kier alpha value is -3.45. The summed E-state index contributed by atoms with van der Waals surface area (Å²) in [4.78, 5) is 16.3. The lowest BCUT2D eigenvalue weighted by Crippen LogP contribution is -2.43. The lowest BCUT2D eigenvalue weighted by molar-refractivity contribution is 0.589. The summed E-state index contributed by atoms with van der Waals surface area (Å²) in [5.74, 6) is 0.583. The maximum atomic E-state index is 4.81. The Morgan fingerprint density at radius 1 is 1.06 bits per heavy atom. The van der Waals surface area contributed by atoms with Gasteiger partial charge in [0.25, 0.3) is 0 Å². The SMILES string of the molecule is CCn1cc(-c2ccnc(Nc3cccc(N4CCNCC4)c3)n2)c2nccc(C)c21. The molecule has 1 aliphatic heterocycles. The Morgan fingerprint density at radius 2 is 1.90 bits per heavy atom. The van der Waals surface area contributed by atoms with Crippen molar-refractivity contribution in [3.05, 3.63) is 60.6 Å². The number of aryl methyl sites for hydroxylation is 2. The highest BCUT2D eigenvalue weighted by molar-refractivity contribution is 5.93. The number of rotatable bonds is 5. The fourth-order valence-electron chi connectivity index (χ4n) is 4.23. The van der Waals surface area contributed by atoms with Gasteiger partial charge >= 0.3 is 0 Å². The molecule has 4 heterocycles. The van der Waals surface area contributed by atoms with Gasteiger partial charge < -0.3 is 20.1 Å². The summed E-state index contributed by atoms with van der Waals surface area (Å²) in [6.45, 7) is 9.22. The molecule has 1 aromatic carbocycles. The van der Waals surface area contributed by atoms with Crippen molar-refractivity contribution in [1.82, 2.24) is 24.8 Å². The van der Waals surface area contributed by atoms with Crippen LogP contribution in [0.5, 0.6) is 0 Å². The van der Waals surface area contributed by atoms with E-state index in [4.69, 9.17) is 4.98 Å². The van der Waals surface area contributed by atoms with Gasteiger partial charge in [0.15, 0.2) is 0 Å². The molecule has 0 aliphatic carbocycles. The number of fused-ring (bicyclic) bond motifs is 1. The number of anilines is 3. The monoisotopic (exact) mass is 413 g/mol. The van der Waals surface area contributed by atoms with E-state index in [0.717, 1.165) is 60.7 Å². The van der Waals surface area contributed by atoms with Crippen LogP contribution in [0.1, 0.15) is 12.5 Å². The zero-order valence-corrected chi connectivity index (χ0v) is 18.0. The summed E-state index contributed by atoms with van der Waals surface area (Å²) >= 11 is 0. The molecule has 7 nitrogen and oxygen atoms in total. The van der Waals surface area contributed by atoms with Gasteiger partial charge in [0.1, 0.15) is 0 Å². The molecule has 1 aliphatic rings. The molecule has 0 saturated carbocycles. The predicted molar refractivity (Wildman–Crippen MR) is 126 cm³/mol. The maximum Gasteiger partial charge on any atom is 0.227 e. The lowest BCUT2D eigenvalue weighted by Gasteiger charge is -2.29. The third-order valence-corrected chi connectivity index (χ3v) is 5.81. The van der Waals surface area contributed by atoms with Crippen molar-refractivity contribution < 1.29 is 0 Å². The van der Waals surface area contributed by atoms with E-state index in [0.29, 0.717) is 5.95 Å². The smallest absolute Gasteiger partial charge is 0.227 e. The van der Waals surface area contributed by atoms with Gasteiger partial charge in [-0.2, -0.15) is 0 Å². The number of hydrogen-bond donors (Lipinski definition) is 2. The number of nitrogens with zero attached hydrogens (tertiary/aromatic N) is 5. The molecule has 1 fully saturated rings. The molecule has 0 radical (unpaired) electrons. The lowest BCUT2D eigenvalue weighted by atomic mass is 10.1. The number of benzene rings is 1. The Kier molecular flexibility index (Phi) is 5.26.